The lowest BCUT2D eigenvalue weighted by Gasteiger charge is -2.12. The summed E-state index contributed by atoms with van der Waals surface area (Å²) in [5.74, 6) is 6.46. The third-order valence-electron chi connectivity index (χ3n) is 2.42. The van der Waals surface area contributed by atoms with Crippen LogP contribution in [-0.2, 0) is 12.8 Å². The Hall–Kier alpha value is -1.24. The minimum absolute atomic E-state index is 0.0149. The molecule has 0 saturated heterocycles. The van der Waals surface area contributed by atoms with E-state index < -0.39 is 0 Å². The number of nitrogens with two attached hydrogens (primary N) is 1. The molecule has 0 aliphatic heterocycles. The zero-order valence-electron chi connectivity index (χ0n) is 9.01. The van der Waals surface area contributed by atoms with Gasteiger partial charge in [0.25, 0.3) is 0 Å². The molecule has 0 aliphatic rings. The second kappa shape index (κ2) is 5.20. The largest absolute Gasteiger partial charge is 0.469 e. The highest BCUT2D eigenvalue weighted by atomic mass is 32.1. The Balaban J connectivity index is 2.16. The Bertz CT molecular complexity index is 426. The van der Waals surface area contributed by atoms with Crippen LogP contribution in [-0.4, -0.2) is 9.59 Å². The van der Waals surface area contributed by atoms with Gasteiger partial charge in [0.1, 0.15) is 5.76 Å². The molecule has 1 atom stereocenters. The second-order valence-corrected chi connectivity index (χ2v) is 4.23. The first-order valence-electron chi connectivity index (χ1n) is 5.14. The Morgan fingerprint density at radius 3 is 3.12 bits per heavy atom. The third kappa shape index (κ3) is 2.29. The van der Waals surface area contributed by atoms with E-state index in [1.807, 2.05) is 12.1 Å². The smallest absolute Gasteiger partial charge is 0.105 e. The van der Waals surface area contributed by atoms with Gasteiger partial charge in [0, 0.05) is 6.42 Å². The Labute approximate surface area is 97.8 Å². The summed E-state index contributed by atoms with van der Waals surface area (Å²) in [6.07, 6.45) is 3.23. The van der Waals surface area contributed by atoms with Crippen molar-refractivity contribution in [3.05, 3.63) is 34.7 Å². The molecule has 0 aromatic carbocycles. The van der Waals surface area contributed by atoms with E-state index in [9.17, 15) is 0 Å². The molecule has 2 rings (SSSR count). The molecule has 5 nitrogen and oxygen atoms in total. The fourth-order valence-corrected chi connectivity index (χ4v) is 2.38. The van der Waals surface area contributed by atoms with Gasteiger partial charge in [-0.1, -0.05) is 11.4 Å². The minimum atomic E-state index is 0.0149. The van der Waals surface area contributed by atoms with Crippen molar-refractivity contribution in [1.29, 1.82) is 0 Å². The van der Waals surface area contributed by atoms with Gasteiger partial charge < -0.3 is 4.42 Å². The topological polar surface area (TPSA) is 77.0 Å². The van der Waals surface area contributed by atoms with Crippen LogP contribution in [0.1, 0.15) is 29.3 Å². The number of furan rings is 1. The highest BCUT2D eigenvalue weighted by Gasteiger charge is 2.18. The van der Waals surface area contributed by atoms with Crippen LogP contribution in [0.4, 0.5) is 0 Å². The Kier molecular flexibility index (Phi) is 3.66. The second-order valence-electron chi connectivity index (χ2n) is 3.44. The van der Waals surface area contributed by atoms with Crippen molar-refractivity contribution in [1.82, 2.24) is 15.0 Å². The van der Waals surface area contributed by atoms with Gasteiger partial charge in [-0.15, -0.1) is 5.10 Å². The Morgan fingerprint density at radius 2 is 2.50 bits per heavy atom. The van der Waals surface area contributed by atoms with Crippen LogP contribution in [0.2, 0.25) is 0 Å². The molecule has 1 unspecified atom stereocenters. The predicted octanol–water partition coefficient (Wildman–Crippen LogP) is 1.44. The standard InChI is InChI=1S/C10H14N4OS/c1-2-8-10(16-14-13-8)9(12-11)6-7-4-3-5-15-7/h3-5,9,12H,2,6,11H2,1H3. The number of nitrogens with one attached hydrogen (secondary N) is 1. The van der Waals surface area contributed by atoms with Gasteiger partial charge in [-0.25, -0.2) is 0 Å². The van der Waals surface area contributed by atoms with E-state index in [0.29, 0.717) is 6.42 Å². The third-order valence-corrected chi connectivity index (χ3v) is 3.30. The number of aromatic nitrogens is 2. The molecular weight excluding hydrogens is 224 g/mol. The molecule has 0 amide bonds. The molecule has 2 aromatic rings. The van der Waals surface area contributed by atoms with E-state index in [1.54, 1.807) is 6.26 Å². The first kappa shape index (κ1) is 11.3. The number of hydrazine groups is 1. The summed E-state index contributed by atoms with van der Waals surface area (Å²) in [5.41, 5.74) is 3.79. The molecule has 16 heavy (non-hydrogen) atoms. The van der Waals surface area contributed by atoms with Gasteiger partial charge in [-0.3, -0.25) is 11.3 Å². The van der Waals surface area contributed by atoms with Crippen LogP contribution >= 0.6 is 11.5 Å². The molecule has 0 radical (unpaired) electrons. The highest BCUT2D eigenvalue weighted by Crippen LogP contribution is 2.23. The first-order valence-corrected chi connectivity index (χ1v) is 5.92. The summed E-state index contributed by atoms with van der Waals surface area (Å²) in [7, 11) is 0. The average Bonchev–Trinajstić information content (AvgIpc) is 2.96. The number of hydrogen-bond donors (Lipinski definition) is 2. The van der Waals surface area contributed by atoms with E-state index in [1.165, 1.54) is 11.5 Å². The number of rotatable bonds is 5. The van der Waals surface area contributed by atoms with E-state index in [2.05, 4.69) is 21.9 Å². The van der Waals surface area contributed by atoms with Crippen molar-refractivity contribution >= 4 is 11.5 Å². The molecule has 2 aromatic heterocycles. The highest BCUT2D eigenvalue weighted by molar-refractivity contribution is 7.05. The lowest BCUT2D eigenvalue weighted by Crippen LogP contribution is -2.29. The first-order chi connectivity index (χ1) is 7.85. The normalized spacial score (nSPS) is 12.9. The molecule has 2 heterocycles. The summed E-state index contributed by atoms with van der Waals surface area (Å²) >= 11 is 1.38. The van der Waals surface area contributed by atoms with Crippen molar-refractivity contribution < 1.29 is 4.42 Å². The molecular formula is C10H14N4OS. The Morgan fingerprint density at radius 1 is 1.62 bits per heavy atom. The van der Waals surface area contributed by atoms with Gasteiger partial charge in [-0.2, -0.15) is 0 Å². The van der Waals surface area contributed by atoms with Gasteiger partial charge in [0.15, 0.2) is 0 Å². The number of nitrogens with zero attached hydrogens (tertiary/aromatic N) is 2. The quantitative estimate of drug-likeness (QED) is 0.609. The van der Waals surface area contributed by atoms with Crippen molar-refractivity contribution in [3.63, 3.8) is 0 Å². The summed E-state index contributed by atoms with van der Waals surface area (Å²) < 4.78 is 9.26. The predicted molar refractivity (Wildman–Crippen MR) is 61.8 cm³/mol. The van der Waals surface area contributed by atoms with Gasteiger partial charge >= 0.3 is 0 Å². The maximum absolute atomic E-state index is 5.56. The van der Waals surface area contributed by atoms with E-state index in [4.69, 9.17) is 10.3 Å². The lowest BCUT2D eigenvalue weighted by molar-refractivity contribution is 0.456. The SMILES string of the molecule is CCc1nnsc1C(Cc1ccco1)NN. The van der Waals surface area contributed by atoms with Crippen LogP contribution in [0, 0.1) is 0 Å². The minimum Gasteiger partial charge on any atom is -0.469 e. The number of hydrogen-bond acceptors (Lipinski definition) is 6. The maximum atomic E-state index is 5.56. The van der Waals surface area contributed by atoms with Crippen LogP contribution in [0.15, 0.2) is 22.8 Å². The van der Waals surface area contributed by atoms with Crippen LogP contribution in [0.3, 0.4) is 0 Å². The van der Waals surface area contributed by atoms with Gasteiger partial charge in [0.2, 0.25) is 0 Å². The lowest BCUT2D eigenvalue weighted by atomic mass is 10.1. The molecule has 0 bridgehead atoms. The fourth-order valence-electron chi connectivity index (χ4n) is 1.58. The molecule has 6 heteroatoms. The molecule has 0 fully saturated rings. The average molecular weight is 238 g/mol. The van der Waals surface area contributed by atoms with Crippen molar-refractivity contribution in [3.8, 4) is 0 Å². The molecule has 0 saturated carbocycles. The zero-order valence-corrected chi connectivity index (χ0v) is 9.83. The molecule has 3 N–H and O–H groups in total. The zero-order chi connectivity index (χ0) is 11.4. The van der Waals surface area contributed by atoms with Crippen LogP contribution in [0.5, 0.6) is 0 Å². The van der Waals surface area contributed by atoms with Gasteiger partial charge in [0.05, 0.1) is 22.9 Å². The summed E-state index contributed by atoms with van der Waals surface area (Å²) in [4.78, 5) is 1.08. The fraction of sp³-hybridized carbons (Fsp3) is 0.400. The van der Waals surface area contributed by atoms with Crippen molar-refractivity contribution in [2.45, 2.75) is 25.8 Å². The van der Waals surface area contributed by atoms with Crippen molar-refractivity contribution in [2.75, 3.05) is 0 Å². The maximum Gasteiger partial charge on any atom is 0.105 e. The van der Waals surface area contributed by atoms with E-state index in [0.717, 1.165) is 22.8 Å². The summed E-state index contributed by atoms with van der Waals surface area (Å²) in [5, 5.41) is 4.08. The van der Waals surface area contributed by atoms with E-state index in [-0.39, 0.29) is 6.04 Å². The summed E-state index contributed by atoms with van der Waals surface area (Å²) in [6, 6.07) is 3.82. The molecule has 0 aliphatic carbocycles. The number of aryl methyl sites for hydroxylation is 1. The van der Waals surface area contributed by atoms with E-state index >= 15 is 0 Å². The van der Waals surface area contributed by atoms with Crippen LogP contribution in [0.25, 0.3) is 0 Å². The molecule has 86 valence electrons. The van der Waals surface area contributed by atoms with Gasteiger partial charge in [-0.05, 0) is 30.1 Å². The molecule has 0 spiro atoms. The summed E-state index contributed by atoms with van der Waals surface area (Å²) in [6.45, 7) is 2.06. The van der Waals surface area contributed by atoms with Crippen LogP contribution < -0.4 is 11.3 Å². The monoisotopic (exact) mass is 238 g/mol. The van der Waals surface area contributed by atoms with Crippen molar-refractivity contribution in [2.24, 2.45) is 5.84 Å².